The molecule has 33 heavy (non-hydrogen) atoms. The molecule has 0 spiro atoms. The average molecular weight is 475 g/mol. The topological polar surface area (TPSA) is 111 Å². The van der Waals surface area contributed by atoms with E-state index in [1.165, 1.54) is 12.1 Å². The number of aryl methyl sites for hydroxylation is 1. The Balaban J connectivity index is 1.69. The van der Waals surface area contributed by atoms with Crippen LogP contribution in [0.3, 0.4) is 0 Å². The summed E-state index contributed by atoms with van der Waals surface area (Å²) in [4.78, 5) is 47.6. The maximum Gasteiger partial charge on any atom is 0.338 e. The summed E-state index contributed by atoms with van der Waals surface area (Å²) in [7, 11) is 0. The maximum atomic E-state index is 12.0. The van der Waals surface area contributed by atoms with Gasteiger partial charge in [-0.3, -0.25) is 14.4 Å². The lowest BCUT2D eigenvalue weighted by Gasteiger charge is -2.08. The van der Waals surface area contributed by atoms with Crippen molar-refractivity contribution in [1.29, 1.82) is 0 Å². The standard InChI is InChI=1S/C24H27ClN2O6/c1-3-4-13-32-24(31)17-6-9-18(10-7-17)26-22(29)15-33-23(30)12-11-21(28)27-19-8-5-16(2)20(25)14-19/h5-10,14H,3-4,11-13,15H2,1-2H3,(H,26,29)(H,27,28). The second kappa shape index (κ2) is 13.2. The Labute approximate surface area is 197 Å². The van der Waals surface area contributed by atoms with E-state index in [4.69, 9.17) is 21.1 Å². The van der Waals surface area contributed by atoms with E-state index in [1.807, 2.05) is 13.8 Å². The summed E-state index contributed by atoms with van der Waals surface area (Å²) in [6, 6.07) is 11.3. The van der Waals surface area contributed by atoms with Crippen LogP contribution in [0.4, 0.5) is 11.4 Å². The van der Waals surface area contributed by atoms with Crippen molar-refractivity contribution in [3.05, 3.63) is 58.6 Å². The van der Waals surface area contributed by atoms with E-state index in [1.54, 1.807) is 30.3 Å². The highest BCUT2D eigenvalue weighted by molar-refractivity contribution is 6.31. The lowest BCUT2D eigenvalue weighted by molar-refractivity contribution is -0.147. The van der Waals surface area contributed by atoms with Gasteiger partial charge in [-0.25, -0.2) is 4.79 Å². The van der Waals surface area contributed by atoms with Crippen molar-refractivity contribution >= 4 is 46.7 Å². The van der Waals surface area contributed by atoms with Crippen molar-refractivity contribution in [3.63, 3.8) is 0 Å². The van der Waals surface area contributed by atoms with Crippen LogP contribution in [0.5, 0.6) is 0 Å². The highest BCUT2D eigenvalue weighted by Gasteiger charge is 2.12. The third-order valence-corrected chi connectivity index (χ3v) is 4.92. The molecule has 0 aromatic heterocycles. The fraction of sp³-hybridized carbons (Fsp3) is 0.333. The molecule has 2 aromatic carbocycles. The number of benzene rings is 2. The van der Waals surface area contributed by atoms with E-state index in [-0.39, 0.29) is 18.7 Å². The van der Waals surface area contributed by atoms with Gasteiger partial charge in [0.05, 0.1) is 18.6 Å². The Morgan fingerprint density at radius 1 is 0.879 bits per heavy atom. The summed E-state index contributed by atoms with van der Waals surface area (Å²) in [5.74, 6) is -2.01. The lowest BCUT2D eigenvalue weighted by Crippen LogP contribution is -2.21. The third-order valence-electron chi connectivity index (χ3n) is 4.51. The van der Waals surface area contributed by atoms with Gasteiger partial charge in [-0.05, 0) is 55.3 Å². The summed E-state index contributed by atoms with van der Waals surface area (Å²) in [5.41, 5.74) is 2.24. The van der Waals surface area contributed by atoms with E-state index in [2.05, 4.69) is 10.6 Å². The van der Waals surface area contributed by atoms with Crippen LogP contribution in [0.25, 0.3) is 0 Å². The fourth-order valence-corrected chi connectivity index (χ4v) is 2.79. The molecule has 0 aliphatic heterocycles. The lowest BCUT2D eigenvalue weighted by atomic mass is 10.2. The number of esters is 2. The monoisotopic (exact) mass is 474 g/mol. The van der Waals surface area contributed by atoms with E-state index < -0.39 is 24.5 Å². The smallest absolute Gasteiger partial charge is 0.338 e. The third kappa shape index (κ3) is 9.33. The summed E-state index contributed by atoms with van der Waals surface area (Å²) in [6.45, 7) is 3.72. The molecular formula is C24H27ClN2O6. The molecule has 0 saturated carbocycles. The molecule has 0 radical (unpaired) electrons. The van der Waals surface area contributed by atoms with Gasteiger partial charge in [-0.2, -0.15) is 0 Å². The van der Waals surface area contributed by atoms with Crippen molar-refractivity contribution in [2.75, 3.05) is 23.8 Å². The molecule has 2 aromatic rings. The minimum absolute atomic E-state index is 0.0955. The predicted octanol–water partition coefficient (Wildman–Crippen LogP) is 4.51. The maximum absolute atomic E-state index is 12.0. The average Bonchev–Trinajstić information content (AvgIpc) is 2.79. The molecule has 0 atom stereocenters. The highest BCUT2D eigenvalue weighted by atomic mass is 35.5. The molecule has 2 amide bonds. The second-order valence-electron chi connectivity index (χ2n) is 7.29. The van der Waals surface area contributed by atoms with E-state index in [9.17, 15) is 19.2 Å². The van der Waals surface area contributed by atoms with Gasteiger partial charge in [0.15, 0.2) is 6.61 Å². The predicted molar refractivity (Wildman–Crippen MR) is 125 cm³/mol. The van der Waals surface area contributed by atoms with Gasteiger partial charge in [0, 0.05) is 22.8 Å². The van der Waals surface area contributed by atoms with Crippen molar-refractivity contribution < 1.29 is 28.7 Å². The van der Waals surface area contributed by atoms with Gasteiger partial charge in [0.1, 0.15) is 0 Å². The molecule has 8 nitrogen and oxygen atoms in total. The Hall–Kier alpha value is -3.39. The molecule has 0 fully saturated rings. The van der Waals surface area contributed by atoms with Gasteiger partial charge in [-0.15, -0.1) is 0 Å². The Bertz CT molecular complexity index is 991. The molecule has 0 saturated heterocycles. The summed E-state index contributed by atoms with van der Waals surface area (Å²) in [5, 5.41) is 5.74. The molecule has 2 N–H and O–H groups in total. The van der Waals surface area contributed by atoms with Crippen LogP contribution in [0, 0.1) is 6.92 Å². The first-order valence-corrected chi connectivity index (χ1v) is 10.9. The normalized spacial score (nSPS) is 10.3. The number of nitrogens with one attached hydrogen (secondary N) is 2. The largest absolute Gasteiger partial charge is 0.462 e. The molecule has 0 heterocycles. The van der Waals surface area contributed by atoms with Crippen LogP contribution in [-0.4, -0.2) is 37.0 Å². The van der Waals surface area contributed by atoms with Crippen LogP contribution in [0.1, 0.15) is 48.5 Å². The molecule has 0 aliphatic rings. The van der Waals surface area contributed by atoms with Gasteiger partial charge >= 0.3 is 11.9 Å². The van der Waals surface area contributed by atoms with Gasteiger partial charge in [-0.1, -0.05) is 31.0 Å². The summed E-state index contributed by atoms with van der Waals surface area (Å²) >= 11 is 6.01. The van der Waals surface area contributed by atoms with Crippen molar-refractivity contribution in [1.82, 2.24) is 0 Å². The Kier molecular flexibility index (Phi) is 10.4. The van der Waals surface area contributed by atoms with Crippen molar-refractivity contribution in [2.24, 2.45) is 0 Å². The molecule has 176 valence electrons. The zero-order valence-electron chi connectivity index (χ0n) is 18.6. The number of hydrogen-bond acceptors (Lipinski definition) is 6. The quantitative estimate of drug-likeness (QED) is 0.366. The van der Waals surface area contributed by atoms with Crippen LogP contribution in [-0.2, 0) is 23.9 Å². The zero-order valence-corrected chi connectivity index (χ0v) is 19.4. The molecule has 0 aliphatic carbocycles. The number of anilines is 2. The van der Waals surface area contributed by atoms with Gasteiger partial charge in [0.25, 0.3) is 5.91 Å². The van der Waals surface area contributed by atoms with Crippen LogP contribution in [0.15, 0.2) is 42.5 Å². The first-order chi connectivity index (χ1) is 15.8. The molecule has 0 unspecified atom stereocenters. The number of ether oxygens (including phenoxy) is 2. The SMILES string of the molecule is CCCCOC(=O)c1ccc(NC(=O)COC(=O)CCC(=O)Nc2ccc(C)c(Cl)c2)cc1. The number of hydrogen-bond donors (Lipinski definition) is 2. The van der Waals surface area contributed by atoms with E-state index in [0.717, 1.165) is 18.4 Å². The molecule has 9 heteroatoms. The molecular weight excluding hydrogens is 448 g/mol. The number of halogens is 1. The Morgan fingerprint density at radius 2 is 1.55 bits per heavy atom. The molecule has 0 bridgehead atoms. The second-order valence-corrected chi connectivity index (χ2v) is 7.70. The zero-order chi connectivity index (χ0) is 24.2. The summed E-state index contributed by atoms with van der Waals surface area (Å²) < 4.78 is 10.0. The Morgan fingerprint density at radius 3 is 2.21 bits per heavy atom. The van der Waals surface area contributed by atoms with Crippen LogP contribution >= 0.6 is 11.6 Å². The fourth-order valence-electron chi connectivity index (χ4n) is 2.61. The van der Waals surface area contributed by atoms with Crippen molar-refractivity contribution in [3.8, 4) is 0 Å². The van der Waals surface area contributed by atoms with Gasteiger partial charge < -0.3 is 20.1 Å². The van der Waals surface area contributed by atoms with Crippen LogP contribution < -0.4 is 10.6 Å². The molecule has 2 rings (SSSR count). The summed E-state index contributed by atoms with van der Waals surface area (Å²) in [6.07, 6.45) is 1.46. The van der Waals surface area contributed by atoms with Crippen molar-refractivity contribution in [2.45, 2.75) is 39.5 Å². The highest BCUT2D eigenvalue weighted by Crippen LogP contribution is 2.20. The first kappa shape index (κ1) is 25.9. The van der Waals surface area contributed by atoms with Gasteiger partial charge in [0.2, 0.25) is 5.91 Å². The minimum Gasteiger partial charge on any atom is -0.462 e. The first-order valence-electron chi connectivity index (χ1n) is 10.6. The van der Waals surface area contributed by atoms with Crippen LogP contribution in [0.2, 0.25) is 5.02 Å². The van der Waals surface area contributed by atoms with E-state index in [0.29, 0.717) is 28.6 Å². The van der Waals surface area contributed by atoms with E-state index >= 15 is 0 Å². The number of unbranched alkanes of at least 4 members (excludes halogenated alkanes) is 1. The number of carbonyl (C=O) groups is 4. The number of rotatable bonds is 11. The number of amides is 2. The minimum atomic E-state index is -0.674. The number of carbonyl (C=O) groups excluding carboxylic acids is 4.